The summed E-state index contributed by atoms with van der Waals surface area (Å²) in [4.78, 5) is 17.1. The Bertz CT molecular complexity index is 578. The van der Waals surface area contributed by atoms with Gasteiger partial charge in [0.1, 0.15) is 5.82 Å². The van der Waals surface area contributed by atoms with Gasteiger partial charge in [-0.25, -0.2) is 4.98 Å². The molecule has 0 N–H and O–H groups in total. The van der Waals surface area contributed by atoms with Crippen molar-refractivity contribution in [2.75, 3.05) is 0 Å². The van der Waals surface area contributed by atoms with E-state index in [9.17, 15) is 4.79 Å². The van der Waals surface area contributed by atoms with Crippen LogP contribution in [0.3, 0.4) is 0 Å². The lowest BCUT2D eigenvalue weighted by Crippen LogP contribution is -2.25. The highest BCUT2D eigenvalue weighted by Crippen LogP contribution is 2.22. The van der Waals surface area contributed by atoms with E-state index in [1.54, 1.807) is 10.8 Å². The Hall–Kier alpha value is -0.400. The average molecular weight is 367 g/mol. The van der Waals surface area contributed by atoms with Gasteiger partial charge in [-0.3, -0.25) is 9.36 Å². The summed E-state index contributed by atoms with van der Waals surface area (Å²) in [6, 6.07) is 3.77. The zero-order chi connectivity index (χ0) is 11.7. The lowest BCUT2D eigenvalue weighted by atomic mass is 10.4. The fourth-order valence-electron chi connectivity index (χ4n) is 1.33. The van der Waals surface area contributed by atoms with Crippen LogP contribution in [-0.2, 0) is 6.54 Å². The maximum absolute atomic E-state index is 11.9. The molecule has 6 heteroatoms. The maximum Gasteiger partial charge on any atom is 0.267 e. The van der Waals surface area contributed by atoms with Crippen molar-refractivity contribution in [2.24, 2.45) is 0 Å². The van der Waals surface area contributed by atoms with E-state index in [1.165, 1.54) is 11.3 Å². The number of aryl methyl sites for hydroxylation is 1. The van der Waals surface area contributed by atoms with Crippen LogP contribution in [0.15, 0.2) is 23.1 Å². The van der Waals surface area contributed by atoms with Gasteiger partial charge in [-0.05, 0) is 41.6 Å². The standard InChI is InChI=1S/C10H8ClIN2OS/c1-6-13-4-8(12)10(15)14(6)5-7-2-3-9(11)16-7/h2-4H,5H2,1H3. The molecule has 0 aliphatic heterocycles. The monoisotopic (exact) mass is 366 g/mol. The second-order valence-corrected chi connectivity index (χ2v) is 6.21. The SMILES string of the molecule is Cc1ncc(I)c(=O)n1Cc1ccc(Cl)s1. The van der Waals surface area contributed by atoms with Gasteiger partial charge in [0, 0.05) is 11.1 Å². The van der Waals surface area contributed by atoms with Crippen molar-refractivity contribution in [1.82, 2.24) is 9.55 Å². The van der Waals surface area contributed by atoms with Gasteiger partial charge in [-0.2, -0.15) is 0 Å². The van der Waals surface area contributed by atoms with Gasteiger partial charge in [0.15, 0.2) is 0 Å². The van der Waals surface area contributed by atoms with Gasteiger partial charge in [-0.1, -0.05) is 11.6 Å². The topological polar surface area (TPSA) is 34.9 Å². The van der Waals surface area contributed by atoms with Crippen LogP contribution in [0.2, 0.25) is 4.34 Å². The molecule has 0 aromatic carbocycles. The lowest BCUT2D eigenvalue weighted by Gasteiger charge is -2.07. The van der Waals surface area contributed by atoms with Crippen LogP contribution in [0.1, 0.15) is 10.7 Å². The first-order chi connectivity index (χ1) is 7.58. The summed E-state index contributed by atoms with van der Waals surface area (Å²) in [7, 11) is 0. The van der Waals surface area contributed by atoms with Crippen LogP contribution < -0.4 is 5.56 Å². The summed E-state index contributed by atoms with van der Waals surface area (Å²) in [6.07, 6.45) is 1.59. The molecule has 3 nitrogen and oxygen atoms in total. The van der Waals surface area contributed by atoms with Crippen molar-refractivity contribution in [3.05, 3.63) is 47.3 Å². The van der Waals surface area contributed by atoms with Crippen LogP contribution in [0.4, 0.5) is 0 Å². The van der Waals surface area contributed by atoms with E-state index in [0.717, 1.165) is 15.0 Å². The number of rotatable bonds is 2. The predicted octanol–water partition coefficient (Wildman–Crippen LogP) is 2.92. The fourth-order valence-corrected chi connectivity index (χ4v) is 2.84. The minimum absolute atomic E-state index is 0.00220. The molecule has 84 valence electrons. The van der Waals surface area contributed by atoms with Crippen LogP contribution in [0, 0.1) is 10.5 Å². The molecule has 0 fully saturated rings. The highest BCUT2D eigenvalue weighted by Gasteiger charge is 2.07. The Morgan fingerprint density at radius 2 is 2.31 bits per heavy atom. The summed E-state index contributed by atoms with van der Waals surface area (Å²) in [6.45, 7) is 2.36. The number of nitrogens with zero attached hydrogens (tertiary/aromatic N) is 2. The molecular weight excluding hydrogens is 359 g/mol. The number of thiophene rings is 1. The molecule has 0 radical (unpaired) electrons. The number of hydrogen-bond acceptors (Lipinski definition) is 3. The average Bonchev–Trinajstić information content (AvgIpc) is 2.65. The molecule has 0 saturated heterocycles. The van der Waals surface area contributed by atoms with Crippen molar-refractivity contribution in [3.8, 4) is 0 Å². The highest BCUT2D eigenvalue weighted by atomic mass is 127. The maximum atomic E-state index is 11.9. The van der Waals surface area contributed by atoms with E-state index in [0.29, 0.717) is 10.1 Å². The molecule has 0 unspecified atom stereocenters. The van der Waals surface area contributed by atoms with Gasteiger partial charge in [0.25, 0.3) is 5.56 Å². The van der Waals surface area contributed by atoms with Crippen LogP contribution in [-0.4, -0.2) is 9.55 Å². The third-order valence-corrected chi connectivity index (χ3v) is 4.10. The van der Waals surface area contributed by atoms with Gasteiger partial charge in [-0.15, -0.1) is 11.3 Å². The Morgan fingerprint density at radius 3 is 2.94 bits per heavy atom. The smallest absolute Gasteiger partial charge is 0.267 e. The van der Waals surface area contributed by atoms with Gasteiger partial charge in [0.05, 0.1) is 14.5 Å². The molecule has 0 bridgehead atoms. The third kappa shape index (κ3) is 2.46. The van der Waals surface area contributed by atoms with E-state index in [4.69, 9.17) is 11.6 Å². The van der Waals surface area contributed by atoms with E-state index in [1.807, 2.05) is 41.6 Å². The number of halogens is 2. The zero-order valence-corrected chi connectivity index (χ0v) is 12.1. The van der Waals surface area contributed by atoms with E-state index in [-0.39, 0.29) is 5.56 Å². The van der Waals surface area contributed by atoms with Gasteiger partial charge < -0.3 is 0 Å². The molecule has 0 spiro atoms. The number of hydrogen-bond donors (Lipinski definition) is 0. The molecule has 2 rings (SSSR count). The summed E-state index contributed by atoms with van der Waals surface area (Å²) >= 11 is 9.33. The summed E-state index contributed by atoms with van der Waals surface area (Å²) in [5, 5.41) is 0. The zero-order valence-electron chi connectivity index (χ0n) is 8.41. The van der Waals surface area contributed by atoms with Crippen molar-refractivity contribution in [3.63, 3.8) is 0 Å². The summed E-state index contributed by atoms with van der Waals surface area (Å²) in [5.41, 5.74) is -0.00220. The Morgan fingerprint density at radius 1 is 1.56 bits per heavy atom. The highest BCUT2D eigenvalue weighted by molar-refractivity contribution is 14.1. The van der Waals surface area contributed by atoms with Crippen molar-refractivity contribution >= 4 is 45.5 Å². The molecule has 2 aromatic heterocycles. The first-order valence-corrected chi connectivity index (χ1v) is 6.81. The van der Waals surface area contributed by atoms with Gasteiger partial charge in [0.2, 0.25) is 0 Å². The van der Waals surface area contributed by atoms with Gasteiger partial charge >= 0.3 is 0 Å². The first-order valence-electron chi connectivity index (χ1n) is 4.54. The largest absolute Gasteiger partial charge is 0.291 e. The normalized spacial score (nSPS) is 10.7. The molecule has 2 heterocycles. The summed E-state index contributed by atoms with van der Waals surface area (Å²) < 4.78 is 3.02. The molecule has 16 heavy (non-hydrogen) atoms. The molecule has 0 atom stereocenters. The van der Waals surface area contributed by atoms with E-state index >= 15 is 0 Å². The van der Waals surface area contributed by atoms with Crippen LogP contribution >= 0.6 is 45.5 Å². The second-order valence-electron chi connectivity index (χ2n) is 3.25. The minimum atomic E-state index is -0.00220. The molecule has 0 saturated carbocycles. The Labute approximate surface area is 115 Å². The third-order valence-electron chi connectivity index (χ3n) is 2.15. The van der Waals surface area contributed by atoms with Crippen LogP contribution in [0.5, 0.6) is 0 Å². The number of aromatic nitrogens is 2. The molecular formula is C10H8ClIN2OS. The lowest BCUT2D eigenvalue weighted by molar-refractivity contribution is 0.702. The molecule has 2 aromatic rings. The second kappa shape index (κ2) is 4.85. The molecule has 0 aliphatic carbocycles. The predicted molar refractivity (Wildman–Crippen MR) is 74.4 cm³/mol. The van der Waals surface area contributed by atoms with E-state index in [2.05, 4.69) is 4.98 Å². The minimum Gasteiger partial charge on any atom is -0.291 e. The first kappa shape index (κ1) is 12.1. The van der Waals surface area contributed by atoms with Crippen molar-refractivity contribution < 1.29 is 0 Å². The fraction of sp³-hybridized carbons (Fsp3) is 0.200. The van der Waals surface area contributed by atoms with Crippen molar-refractivity contribution in [1.29, 1.82) is 0 Å². The quantitative estimate of drug-likeness (QED) is 0.766. The molecule has 0 amide bonds. The Balaban J connectivity index is 2.42. The van der Waals surface area contributed by atoms with Crippen LogP contribution in [0.25, 0.3) is 0 Å². The van der Waals surface area contributed by atoms with Crippen molar-refractivity contribution in [2.45, 2.75) is 13.5 Å². The Kier molecular flexibility index (Phi) is 3.66. The molecule has 0 aliphatic rings. The summed E-state index contributed by atoms with van der Waals surface area (Å²) in [5.74, 6) is 0.718. The van der Waals surface area contributed by atoms with E-state index < -0.39 is 0 Å².